The topological polar surface area (TPSA) is 49.8 Å². The number of piperidine rings is 1. The lowest BCUT2D eigenvalue weighted by atomic mass is 9.94. The zero-order chi connectivity index (χ0) is 16.3. The second-order valence-electron chi connectivity index (χ2n) is 7.11. The number of carbonyl (C=O) groups excluding carboxylic acids is 1. The third kappa shape index (κ3) is 2.52. The molecule has 4 nitrogen and oxygen atoms in total. The summed E-state index contributed by atoms with van der Waals surface area (Å²) in [6, 6.07) is 4.79. The van der Waals surface area contributed by atoms with Crippen molar-refractivity contribution in [3.8, 4) is 0 Å². The van der Waals surface area contributed by atoms with Gasteiger partial charge >= 0.3 is 6.09 Å². The van der Waals surface area contributed by atoms with Crippen LogP contribution in [0.5, 0.6) is 0 Å². The number of aliphatic hydroxyl groups excluding tert-OH is 1. The highest BCUT2D eigenvalue weighted by Crippen LogP contribution is 2.62. The SMILES string of the molecule is CC(C)(C)OC(=O)N1C[C@@]2(c3cc(Br)ccc3F)C[C@H]2C1O. The van der Waals surface area contributed by atoms with Gasteiger partial charge in [0.25, 0.3) is 0 Å². The van der Waals surface area contributed by atoms with Gasteiger partial charge in [-0.3, -0.25) is 4.90 Å². The summed E-state index contributed by atoms with van der Waals surface area (Å²) in [5.41, 5.74) is -0.570. The number of benzene rings is 1. The van der Waals surface area contributed by atoms with Crippen molar-refractivity contribution in [3.63, 3.8) is 0 Å². The molecule has 1 saturated heterocycles. The molecule has 0 bridgehead atoms. The highest BCUT2D eigenvalue weighted by molar-refractivity contribution is 9.10. The average molecular weight is 372 g/mol. The van der Waals surface area contributed by atoms with E-state index in [-0.39, 0.29) is 18.3 Å². The van der Waals surface area contributed by atoms with E-state index in [1.165, 1.54) is 11.0 Å². The summed E-state index contributed by atoms with van der Waals surface area (Å²) in [4.78, 5) is 13.5. The molecule has 1 saturated carbocycles. The molecule has 120 valence electrons. The molecule has 6 heteroatoms. The van der Waals surface area contributed by atoms with Crippen LogP contribution in [0.4, 0.5) is 9.18 Å². The third-order valence-corrected chi connectivity index (χ3v) is 4.85. The lowest BCUT2D eigenvalue weighted by Gasteiger charge is -2.28. The Bertz CT molecular complexity index is 630. The fourth-order valence-electron chi connectivity index (χ4n) is 3.29. The van der Waals surface area contributed by atoms with Gasteiger partial charge in [0.05, 0.1) is 0 Å². The Kier molecular flexibility index (Phi) is 3.53. The zero-order valence-corrected chi connectivity index (χ0v) is 14.4. The molecule has 1 aliphatic heterocycles. The van der Waals surface area contributed by atoms with Gasteiger partial charge < -0.3 is 9.84 Å². The minimum Gasteiger partial charge on any atom is -0.444 e. The first-order valence-electron chi connectivity index (χ1n) is 7.27. The minimum atomic E-state index is -0.923. The van der Waals surface area contributed by atoms with Crippen molar-refractivity contribution >= 4 is 22.0 Å². The van der Waals surface area contributed by atoms with Gasteiger partial charge in [0.1, 0.15) is 17.6 Å². The summed E-state index contributed by atoms with van der Waals surface area (Å²) in [7, 11) is 0. The molecule has 1 amide bonds. The first-order valence-corrected chi connectivity index (χ1v) is 8.06. The Balaban J connectivity index is 1.85. The Morgan fingerprint density at radius 1 is 1.50 bits per heavy atom. The number of rotatable bonds is 1. The fourth-order valence-corrected chi connectivity index (χ4v) is 3.65. The molecule has 0 spiro atoms. The number of nitrogens with zero attached hydrogens (tertiary/aromatic N) is 1. The molecule has 0 aromatic heterocycles. The number of hydrogen-bond acceptors (Lipinski definition) is 3. The number of aliphatic hydroxyl groups is 1. The van der Waals surface area contributed by atoms with Gasteiger partial charge in [-0.25, -0.2) is 9.18 Å². The largest absolute Gasteiger partial charge is 0.444 e. The van der Waals surface area contributed by atoms with Gasteiger partial charge in [0.15, 0.2) is 0 Å². The van der Waals surface area contributed by atoms with E-state index < -0.39 is 23.3 Å². The van der Waals surface area contributed by atoms with E-state index in [1.54, 1.807) is 32.9 Å². The van der Waals surface area contributed by atoms with Crippen molar-refractivity contribution in [1.29, 1.82) is 0 Å². The van der Waals surface area contributed by atoms with Crippen LogP contribution in [0.25, 0.3) is 0 Å². The molecule has 1 heterocycles. The van der Waals surface area contributed by atoms with Crippen molar-refractivity contribution in [2.75, 3.05) is 6.54 Å². The van der Waals surface area contributed by atoms with Crippen LogP contribution >= 0.6 is 15.9 Å². The van der Waals surface area contributed by atoms with E-state index >= 15 is 0 Å². The molecule has 1 unspecified atom stereocenters. The number of halogens is 2. The second kappa shape index (κ2) is 4.93. The molecule has 3 rings (SSSR count). The predicted octanol–water partition coefficient (Wildman–Crippen LogP) is 3.42. The predicted molar refractivity (Wildman–Crippen MR) is 82.8 cm³/mol. The first kappa shape index (κ1) is 15.7. The van der Waals surface area contributed by atoms with E-state index in [0.29, 0.717) is 12.0 Å². The zero-order valence-electron chi connectivity index (χ0n) is 12.8. The number of hydrogen-bond donors (Lipinski definition) is 1. The summed E-state index contributed by atoms with van der Waals surface area (Å²) in [5.74, 6) is -0.437. The highest BCUT2D eigenvalue weighted by atomic mass is 79.9. The molecule has 1 N–H and O–H groups in total. The van der Waals surface area contributed by atoms with Crippen LogP contribution in [0.15, 0.2) is 22.7 Å². The van der Waals surface area contributed by atoms with Crippen molar-refractivity contribution in [2.45, 2.75) is 44.4 Å². The molecule has 2 fully saturated rings. The summed E-state index contributed by atoms with van der Waals surface area (Å²) in [6.45, 7) is 5.61. The van der Waals surface area contributed by atoms with Crippen molar-refractivity contribution in [1.82, 2.24) is 4.90 Å². The van der Waals surface area contributed by atoms with E-state index in [9.17, 15) is 14.3 Å². The van der Waals surface area contributed by atoms with Crippen LogP contribution in [-0.4, -0.2) is 34.5 Å². The maximum atomic E-state index is 14.2. The highest BCUT2D eigenvalue weighted by Gasteiger charge is 2.67. The van der Waals surface area contributed by atoms with Crippen molar-refractivity contribution in [3.05, 3.63) is 34.1 Å². The lowest BCUT2D eigenvalue weighted by molar-refractivity contribution is -0.0235. The van der Waals surface area contributed by atoms with Gasteiger partial charge in [-0.05, 0) is 51.0 Å². The Morgan fingerprint density at radius 2 is 2.18 bits per heavy atom. The maximum absolute atomic E-state index is 14.2. The molecule has 22 heavy (non-hydrogen) atoms. The minimum absolute atomic E-state index is 0.135. The molecule has 1 aromatic rings. The van der Waals surface area contributed by atoms with Crippen molar-refractivity contribution < 1.29 is 19.0 Å². The molecular formula is C16H19BrFNO3. The number of fused-ring (bicyclic) bond motifs is 1. The standard InChI is InChI=1S/C16H19BrFNO3/c1-15(2,3)22-14(21)19-8-16(7-11(16)13(19)20)10-6-9(17)4-5-12(10)18/h4-6,11,13,20H,7-8H2,1-3H3/t11-,13?,16+/m0/s1. The third-order valence-electron chi connectivity index (χ3n) is 4.36. The Labute approximate surface area is 137 Å². The summed E-state index contributed by atoms with van der Waals surface area (Å²) in [6.07, 6.45) is -0.795. The molecule has 1 aliphatic carbocycles. The van der Waals surface area contributed by atoms with Crippen LogP contribution in [-0.2, 0) is 10.2 Å². The van der Waals surface area contributed by atoms with Gasteiger partial charge in [0, 0.05) is 22.4 Å². The van der Waals surface area contributed by atoms with Crippen LogP contribution in [0.2, 0.25) is 0 Å². The van der Waals surface area contributed by atoms with Gasteiger partial charge in [0.2, 0.25) is 0 Å². The number of ether oxygens (including phenoxy) is 1. The molecule has 2 aliphatic rings. The van der Waals surface area contributed by atoms with Crippen LogP contribution in [0.3, 0.4) is 0 Å². The van der Waals surface area contributed by atoms with E-state index in [0.717, 1.165) is 4.47 Å². The second-order valence-corrected chi connectivity index (χ2v) is 8.03. The average Bonchev–Trinajstić information content (AvgIpc) is 3.05. The number of likely N-dealkylation sites (tertiary alicyclic amines) is 1. The molecule has 0 radical (unpaired) electrons. The Morgan fingerprint density at radius 3 is 2.82 bits per heavy atom. The van der Waals surface area contributed by atoms with E-state index in [2.05, 4.69) is 15.9 Å². The van der Waals surface area contributed by atoms with Gasteiger partial charge in [-0.2, -0.15) is 0 Å². The van der Waals surface area contributed by atoms with Crippen LogP contribution in [0.1, 0.15) is 32.8 Å². The molecule has 3 atom stereocenters. The van der Waals surface area contributed by atoms with Gasteiger partial charge in [-0.15, -0.1) is 0 Å². The summed E-state index contributed by atoms with van der Waals surface area (Å²) in [5, 5.41) is 10.3. The monoisotopic (exact) mass is 371 g/mol. The lowest BCUT2D eigenvalue weighted by Crippen LogP contribution is -2.42. The normalized spacial score (nSPS) is 30.2. The van der Waals surface area contributed by atoms with Gasteiger partial charge in [-0.1, -0.05) is 15.9 Å². The smallest absolute Gasteiger partial charge is 0.412 e. The van der Waals surface area contributed by atoms with Crippen molar-refractivity contribution in [2.24, 2.45) is 5.92 Å². The summed E-state index contributed by atoms with van der Waals surface area (Å²) >= 11 is 3.35. The molecular weight excluding hydrogens is 353 g/mol. The molecule has 1 aromatic carbocycles. The quantitative estimate of drug-likeness (QED) is 0.822. The van der Waals surface area contributed by atoms with E-state index in [4.69, 9.17) is 4.74 Å². The van der Waals surface area contributed by atoms with Crippen LogP contribution < -0.4 is 0 Å². The Hall–Kier alpha value is -1.14. The van der Waals surface area contributed by atoms with E-state index in [1.807, 2.05) is 0 Å². The maximum Gasteiger partial charge on any atom is 0.412 e. The number of carbonyl (C=O) groups is 1. The fraction of sp³-hybridized carbons (Fsp3) is 0.562. The van der Waals surface area contributed by atoms with Crippen LogP contribution in [0, 0.1) is 11.7 Å². The number of amides is 1. The first-order chi connectivity index (χ1) is 10.1. The summed E-state index contributed by atoms with van der Waals surface area (Å²) < 4.78 is 20.3.